The number of amides is 1. The SMILES string of the molecule is CCc1cc2c(SCC(=O)N(C)Cc3sccc3C)ncnc2s1. The highest BCUT2D eigenvalue weighted by molar-refractivity contribution is 8.00. The van der Waals surface area contributed by atoms with Crippen molar-refractivity contribution in [3.63, 3.8) is 0 Å². The van der Waals surface area contributed by atoms with Gasteiger partial charge in [0.15, 0.2) is 0 Å². The standard InChI is InChI=1S/C17H19N3OS3/c1-4-12-7-13-16(18-10-19-17(13)24-12)23-9-15(21)20(3)8-14-11(2)5-6-22-14/h5-7,10H,4,8-9H2,1-3H3. The lowest BCUT2D eigenvalue weighted by Gasteiger charge is -2.16. The van der Waals surface area contributed by atoms with E-state index < -0.39 is 0 Å². The lowest BCUT2D eigenvalue weighted by molar-refractivity contribution is -0.127. The number of fused-ring (bicyclic) bond motifs is 1. The van der Waals surface area contributed by atoms with Crippen LogP contribution in [0.5, 0.6) is 0 Å². The number of aromatic nitrogens is 2. The van der Waals surface area contributed by atoms with Gasteiger partial charge in [-0.1, -0.05) is 18.7 Å². The number of carbonyl (C=O) groups is 1. The number of thioether (sulfide) groups is 1. The van der Waals surface area contributed by atoms with Gasteiger partial charge in [-0.3, -0.25) is 4.79 Å². The van der Waals surface area contributed by atoms with Crippen LogP contribution in [0.3, 0.4) is 0 Å². The van der Waals surface area contributed by atoms with Crippen LogP contribution in [0, 0.1) is 6.92 Å². The molecule has 24 heavy (non-hydrogen) atoms. The Kier molecular flexibility index (Phi) is 5.53. The summed E-state index contributed by atoms with van der Waals surface area (Å²) in [6, 6.07) is 4.23. The van der Waals surface area contributed by atoms with Crippen molar-refractivity contribution in [2.75, 3.05) is 12.8 Å². The number of aryl methyl sites for hydroxylation is 2. The Hall–Kier alpha value is -1.44. The second-order valence-corrected chi connectivity index (χ2v) is 8.61. The topological polar surface area (TPSA) is 46.1 Å². The van der Waals surface area contributed by atoms with Crippen LogP contribution in [0.25, 0.3) is 10.2 Å². The fourth-order valence-electron chi connectivity index (χ4n) is 2.28. The zero-order valence-corrected chi connectivity index (χ0v) is 16.4. The van der Waals surface area contributed by atoms with Gasteiger partial charge < -0.3 is 4.90 Å². The number of hydrogen-bond acceptors (Lipinski definition) is 6. The molecule has 0 spiro atoms. The molecule has 3 aromatic heterocycles. The van der Waals surface area contributed by atoms with E-state index in [1.165, 1.54) is 27.1 Å². The van der Waals surface area contributed by atoms with Crippen molar-refractivity contribution in [3.05, 3.63) is 39.2 Å². The molecular weight excluding hydrogens is 358 g/mol. The molecule has 1 amide bonds. The summed E-state index contributed by atoms with van der Waals surface area (Å²) in [6.45, 7) is 4.88. The van der Waals surface area contributed by atoms with Crippen molar-refractivity contribution >= 4 is 50.6 Å². The molecule has 0 aliphatic rings. The summed E-state index contributed by atoms with van der Waals surface area (Å²) in [5.41, 5.74) is 1.25. The van der Waals surface area contributed by atoms with E-state index in [0.717, 1.165) is 21.7 Å². The Balaban J connectivity index is 1.66. The van der Waals surface area contributed by atoms with Gasteiger partial charge in [0.05, 0.1) is 12.3 Å². The maximum absolute atomic E-state index is 12.4. The molecule has 4 nitrogen and oxygen atoms in total. The van der Waals surface area contributed by atoms with Crippen molar-refractivity contribution in [1.29, 1.82) is 0 Å². The third kappa shape index (κ3) is 3.79. The highest BCUT2D eigenvalue weighted by Gasteiger charge is 2.14. The van der Waals surface area contributed by atoms with Crippen molar-refractivity contribution in [1.82, 2.24) is 14.9 Å². The first-order valence-electron chi connectivity index (χ1n) is 7.71. The van der Waals surface area contributed by atoms with Crippen LogP contribution in [0.1, 0.15) is 22.2 Å². The van der Waals surface area contributed by atoms with Gasteiger partial charge in [-0.25, -0.2) is 9.97 Å². The van der Waals surface area contributed by atoms with Gasteiger partial charge >= 0.3 is 0 Å². The number of hydrogen-bond donors (Lipinski definition) is 0. The molecule has 3 heterocycles. The molecule has 0 aromatic carbocycles. The minimum Gasteiger partial charge on any atom is -0.340 e. The zero-order valence-electron chi connectivity index (χ0n) is 13.9. The van der Waals surface area contributed by atoms with Gasteiger partial charge in [0, 0.05) is 22.2 Å². The molecule has 7 heteroatoms. The van der Waals surface area contributed by atoms with Crippen LogP contribution in [0.2, 0.25) is 0 Å². The highest BCUT2D eigenvalue weighted by atomic mass is 32.2. The van der Waals surface area contributed by atoms with Crippen molar-refractivity contribution < 1.29 is 4.79 Å². The molecule has 0 radical (unpaired) electrons. The Morgan fingerprint density at radius 3 is 2.92 bits per heavy atom. The molecule has 0 atom stereocenters. The van der Waals surface area contributed by atoms with Crippen molar-refractivity contribution in [3.8, 4) is 0 Å². The lowest BCUT2D eigenvalue weighted by Crippen LogP contribution is -2.27. The predicted molar refractivity (Wildman–Crippen MR) is 103 cm³/mol. The number of thiophene rings is 2. The summed E-state index contributed by atoms with van der Waals surface area (Å²) >= 11 is 4.89. The summed E-state index contributed by atoms with van der Waals surface area (Å²) in [4.78, 5) is 26.4. The molecule has 0 saturated heterocycles. The highest BCUT2D eigenvalue weighted by Crippen LogP contribution is 2.31. The first kappa shape index (κ1) is 17.4. The Morgan fingerprint density at radius 2 is 2.21 bits per heavy atom. The lowest BCUT2D eigenvalue weighted by atomic mass is 10.3. The van der Waals surface area contributed by atoms with Crippen molar-refractivity contribution in [2.45, 2.75) is 31.8 Å². The van der Waals surface area contributed by atoms with Crippen LogP contribution >= 0.6 is 34.4 Å². The molecular formula is C17H19N3OS3. The molecule has 0 unspecified atom stereocenters. The van der Waals surface area contributed by atoms with Crippen LogP contribution in [0.15, 0.2) is 28.9 Å². The predicted octanol–water partition coefficient (Wildman–Crippen LogP) is 4.37. The van der Waals surface area contributed by atoms with Crippen LogP contribution in [0.4, 0.5) is 0 Å². The molecule has 0 aliphatic heterocycles. The summed E-state index contributed by atoms with van der Waals surface area (Å²) < 4.78 is 0. The summed E-state index contributed by atoms with van der Waals surface area (Å²) in [6.07, 6.45) is 2.58. The van der Waals surface area contributed by atoms with E-state index >= 15 is 0 Å². The maximum Gasteiger partial charge on any atom is 0.233 e. The maximum atomic E-state index is 12.4. The minimum atomic E-state index is 0.116. The van der Waals surface area contributed by atoms with Crippen LogP contribution < -0.4 is 0 Å². The normalized spacial score (nSPS) is 11.1. The summed E-state index contributed by atoms with van der Waals surface area (Å²) in [5.74, 6) is 0.509. The number of rotatable bonds is 6. The molecule has 0 fully saturated rings. The second-order valence-electron chi connectivity index (χ2n) is 5.53. The second kappa shape index (κ2) is 7.63. The molecule has 0 bridgehead atoms. The van der Waals surface area contributed by atoms with Gasteiger partial charge in [-0.2, -0.15) is 0 Å². The average Bonchev–Trinajstić information content (AvgIpc) is 3.18. The van der Waals surface area contributed by atoms with E-state index in [0.29, 0.717) is 12.3 Å². The Morgan fingerprint density at radius 1 is 1.38 bits per heavy atom. The van der Waals surface area contributed by atoms with E-state index in [1.807, 2.05) is 7.05 Å². The van der Waals surface area contributed by atoms with E-state index in [1.54, 1.807) is 33.9 Å². The quantitative estimate of drug-likeness (QED) is 0.472. The van der Waals surface area contributed by atoms with E-state index in [-0.39, 0.29) is 5.91 Å². The first-order valence-corrected chi connectivity index (χ1v) is 10.4. The van der Waals surface area contributed by atoms with E-state index in [2.05, 4.69) is 41.3 Å². The van der Waals surface area contributed by atoms with Crippen LogP contribution in [-0.4, -0.2) is 33.6 Å². The molecule has 0 aliphatic carbocycles. The summed E-state index contributed by atoms with van der Waals surface area (Å²) in [5, 5.41) is 4.02. The van der Waals surface area contributed by atoms with Crippen LogP contribution in [-0.2, 0) is 17.8 Å². The average molecular weight is 378 g/mol. The minimum absolute atomic E-state index is 0.116. The third-order valence-corrected chi connectivity index (χ3v) is 6.98. The fourth-order valence-corrected chi connectivity index (χ4v) is 5.15. The first-order chi connectivity index (χ1) is 11.6. The third-order valence-electron chi connectivity index (χ3n) is 3.80. The summed E-state index contributed by atoms with van der Waals surface area (Å²) in [7, 11) is 1.86. The van der Waals surface area contributed by atoms with E-state index in [9.17, 15) is 4.79 Å². The monoisotopic (exact) mass is 377 g/mol. The largest absolute Gasteiger partial charge is 0.340 e. The Bertz CT molecular complexity index is 856. The Labute approximate surface area is 153 Å². The molecule has 0 saturated carbocycles. The number of nitrogens with zero attached hydrogens (tertiary/aromatic N) is 3. The molecule has 3 rings (SSSR count). The molecule has 0 N–H and O–H groups in total. The van der Waals surface area contributed by atoms with Gasteiger partial charge in [0.25, 0.3) is 0 Å². The fraction of sp³-hybridized carbons (Fsp3) is 0.353. The molecule has 126 valence electrons. The molecule has 3 aromatic rings. The van der Waals surface area contributed by atoms with Gasteiger partial charge in [-0.05, 0) is 36.4 Å². The van der Waals surface area contributed by atoms with Gasteiger partial charge in [0.2, 0.25) is 5.91 Å². The van der Waals surface area contributed by atoms with E-state index in [4.69, 9.17) is 0 Å². The zero-order chi connectivity index (χ0) is 17.1. The van der Waals surface area contributed by atoms with Crippen molar-refractivity contribution in [2.24, 2.45) is 0 Å². The number of carbonyl (C=O) groups excluding carboxylic acids is 1. The van der Waals surface area contributed by atoms with Gasteiger partial charge in [-0.15, -0.1) is 22.7 Å². The van der Waals surface area contributed by atoms with Gasteiger partial charge in [0.1, 0.15) is 16.2 Å². The smallest absolute Gasteiger partial charge is 0.233 e.